The van der Waals surface area contributed by atoms with Gasteiger partial charge in [0.15, 0.2) is 0 Å². The number of rotatable bonds is 5. The van der Waals surface area contributed by atoms with Gasteiger partial charge < -0.3 is 14.9 Å². The van der Waals surface area contributed by atoms with Crippen LogP contribution in [0.4, 0.5) is 5.69 Å². The van der Waals surface area contributed by atoms with Gasteiger partial charge in [0, 0.05) is 25.7 Å². The molecule has 0 radical (unpaired) electrons. The van der Waals surface area contributed by atoms with Gasteiger partial charge >= 0.3 is 5.97 Å². The van der Waals surface area contributed by atoms with Gasteiger partial charge in [-0.05, 0) is 25.1 Å². The number of likely N-dealkylation sites (N-methyl/N-ethyl adjacent to an activating group) is 1. The number of nitrogens with two attached hydrogens (primary N) is 1. The second-order valence-electron chi connectivity index (χ2n) is 5.91. The summed E-state index contributed by atoms with van der Waals surface area (Å²) in [5, 5.41) is 14.1. The molecule has 2 rings (SSSR count). The molecule has 2 amide bonds. The minimum Gasteiger partial charge on any atom is -0.480 e. The van der Waals surface area contributed by atoms with Crippen LogP contribution in [0.5, 0.6) is 0 Å². The standard InChI is InChI=1S/C15H19N3O6S/c1-9(15(21)22)17(2)14(20)10-6-13(19)18(8-10)11-4-3-5-12(7-11)25(16,23)24/h3-5,7,9-10H,6,8H2,1-2H3,(H,21,22)(H2,16,23,24). The number of hydrogen-bond donors (Lipinski definition) is 2. The summed E-state index contributed by atoms with van der Waals surface area (Å²) in [5.41, 5.74) is 0.320. The third kappa shape index (κ3) is 3.97. The Balaban J connectivity index is 2.21. The molecule has 25 heavy (non-hydrogen) atoms. The fraction of sp³-hybridized carbons (Fsp3) is 0.400. The number of carbonyl (C=O) groups is 3. The molecule has 1 fully saturated rings. The van der Waals surface area contributed by atoms with Gasteiger partial charge in [0.05, 0.1) is 10.8 Å². The van der Waals surface area contributed by atoms with Crippen molar-refractivity contribution in [3.63, 3.8) is 0 Å². The maximum absolute atomic E-state index is 12.4. The summed E-state index contributed by atoms with van der Waals surface area (Å²) in [6, 6.07) is 4.56. The lowest BCUT2D eigenvalue weighted by Crippen LogP contribution is -2.43. The predicted octanol–water partition coefficient (Wildman–Crippen LogP) is -0.382. The zero-order chi connectivity index (χ0) is 18.9. The molecule has 0 aliphatic carbocycles. The SMILES string of the molecule is CC(C(=O)O)N(C)C(=O)C1CC(=O)N(c2cccc(S(N)(=O)=O)c2)C1. The highest BCUT2D eigenvalue weighted by Gasteiger charge is 2.38. The van der Waals surface area contributed by atoms with Crippen molar-refractivity contribution >= 4 is 33.5 Å². The van der Waals surface area contributed by atoms with Gasteiger partial charge in [-0.2, -0.15) is 0 Å². The van der Waals surface area contributed by atoms with Crippen molar-refractivity contribution in [2.45, 2.75) is 24.3 Å². The molecular weight excluding hydrogens is 350 g/mol. The molecule has 0 spiro atoms. The molecule has 9 nitrogen and oxygen atoms in total. The maximum Gasteiger partial charge on any atom is 0.326 e. The van der Waals surface area contributed by atoms with Gasteiger partial charge in [-0.25, -0.2) is 18.4 Å². The quantitative estimate of drug-likeness (QED) is 0.725. The van der Waals surface area contributed by atoms with Crippen molar-refractivity contribution in [2.75, 3.05) is 18.5 Å². The first-order chi connectivity index (χ1) is 11.5. The zero-order valence-corrected chi connectivity index (χ0v) is 14.6. The number of hydrogen-bond acceptors (Lipinski definition) is 5. The minimum absolute atomic E-state index is 0.0441. The number of carbonyl (C=O) groups excluding carboxylic acids is 2. The van der Waals surface area contributed by atoms with Crippen LogP contribution in [-0.4, -0.2) is 55.8 Å². The first-order valence-electron chi connectivity index (χ1n) is 7.45. The molecule has 1 aromatic carbocycles. The molecule has 136 valence electrons. The number of amides is 2. The van der Waals surface area contributed by atoms with E-state index in [1.807, 2.05) is 0 Å². The Hall–Kier alpha value is -2.46. The van der Waals surface area contributed by atoms with Gasteiger partial charge in [0.25, 0.3) is 0 Å². The molecule has 2 unspecified atom stereocenters. The molecule has 2 atom stereocenters. The Morgan fingerprint density at radius 2 is 2.04 bits per heavy atom. The third-order valence-electron chi connectivity index (χ3n) is 4.22. The average Bonchev–Trinajstić information content (AvgIpc) is 2.93. The Morgan fingerprint density at radius 3 is 2.60 bits per heavy atom. The zero-order valence-electron chi connectivity index (χ0n) is 13.7. The largest absolute Gasteiger partial charge is 0.480 e. The van der Waals surface area contributed by atoms with E-state index < -0.39 is 33.9 Å². The van der Waals surface area contributed by atoms with Crippen molar-refractivity contribution < 1.29 is 27.9 Å². The van der Waals surface area contributed by atoms with Gasteiger partial charge in [-0.15, -0.1) is 0 Å². The number of sulfonamides is 1. The summed E-state index contributed by atoms with van der Waals surface area (Å²) in [6.45, 7) is 1.42. The fourth-order valence-corrected chi connectivity index (χ4v) is 3.15. The molecule has 1 aromatic rings. The van der Waals surface area contributed by atoms with Crippen LogP contribution >= 0.6 is 0 Å². The van der Waals surface area contributed by atoms with Gasteiger partial charge in [-0.1, -0.05) is 6.07 Å². The molecule has 0 saturated carbocycles. The maximum atomic E-state index is 12.4. The van der Waals surface area contributed by atoms with E-state index in [9.17, 15) is 22.8 Å². The smallest absolute Gasteiger partial charge is 0.326 e. The van der Waals surface area contributed by atoms with Crippen LogP contribution < -0.4 is 10.0 Å². The summed E-state index contributed by atoms with van der Waals surface area (Å²) in [6.07, 6.45) is -0.0743. The van der Waals surface area contributed by atoms with Crippen LogP contribution in [0.25, 0.3) is 0 Å². The molecule has 1 aliphatic rings. The lowest BCUT2D eigenvalue weighted by atomic mass is 10.1. The van der Waals surface area contributed by atoms with Crippen molar-refractivity contribution in [2.24, 2.45) is 11.1 Å². The topological polar surface area (TPSA) is 138 Å². The second-order valence-corrected chi connectivity index (χ2v) is 7.47. The van der Waals surface area contributed by atoms with E-state index in [2.05, 4.69) is 0 Å². The number of anilines is 1. The highest BCUT2D eigenvalue weighted by atomic mass is 32.2. The van der Waals surface area contributed by atoms with Crippen LogP contribution in [0, 0.1) is 5.92 Å². The summed E-state index contributed by atoms with van der Waals surface area (Å²) < 4.78 is 22.9. The van der Waals surface area contributed by atoms with Crippen LogP contribution in [0.3, 0.4) is 0 Å². The Bertz CT molecular complexity index is 822. The van der Waals surface area contributed by atoms with Gasteiger partial charge in [-0.3, -0.25) is 9.59 Å². The number of carboxylic acids is 1. The van der Waals surface area contributed by atoms with Crippen molar-refractivity contribution in [1.82, 2.24) is 4.90 Å². The normalized spacial score (nSPS) is 18.9. The molecule has 1 aliphatic heterocycles. The highest BCUT2D eigenvalue weighted by molar-refractivity contribution is 7.89. The predicted molar refractivity (Wildman–Crippen MR) is 88.1 cm³/mol. The summed E-state index contributed by atoms with van der Waals surface area (Å²) in [5.74, 6) is -2.63. The number of primary sulfonamides is 1. The van der Waals surface area contributed by atoms with Crippen molar-refractivity contribution in [1.29, 1.82) is 0 Å². The molecule has 0 bridgehead atoms. The summed E-state index contributed by atoms with van der Waals surface area (Å²) in [4.78, 5) is 37.9. The number of aliphatic carboxylic acids is 1. The molecule has 10 heteroatoms. The highest BCUT2D eigenvalue weighted by Crippen LogP contribution is 2.28. The Morgan fingerprint density at radius 1 is 1.40 bits per heavy atom. The number of nitrogens with zero attached hydrogens (tertiary/aromatic N) is 2. The lowest BCUT2D eigenvalue weighted by molar-refractivity contribution is -0.149. The molecule has 1 saturated heterocycles. The molecular formula is C15H19N3O6S. The summed E-state index contributed by atoms with van der Waals surface area (Å²) in [7, 11) is -2.54. The minimum atomic E-state index is -3.91. The number of carboxylic acid groups (broad SMARTS) is 1. The molecule has 1 heterocycles. The van der Waals surface area contributed by atoms with E-state index in [4.69, 9.17) is 10.2 Å². The monoisotopic (exact) mass is 369 g/mol. The van der Waals surface area contributed by atoms with E-state index >= 15 is 0 Å². The van der Waals surface area contributed by atoms with Gasteiger partial charge in [0.1, 0.15) is 6.04 Å². The lowest BCUT2D eigenvalue weighted by Gasteiger charge is -2.24. The molecule has 3 N–H and O–H groups in total. The first-order valence-corrected chi connectivity index (χ1v) is 8.99. The third-order valence-corrected chi connectivity index (χ3v) is 5.13. The second kappa shape index (κ2) is 6.81. The Kier molecular flexibility index (Phi) is 5.14. The van der Waals surface area contributed by atoms with Crippen LogP contribution in [-0.2, 0) is 24.4 Å². The van der Waals surface area contributed by atoms with E-state index in [0.29, 0.717) is 5.69 Å². The van der Waals surface area contributed by atoms with E-state index in [-0.39, 0.29) is 23.8 Å². The first kappa shape index (κ1) is 18.9. The van der Waals surface area contributed by atoms with Crippen LogP contribution in [0.15, 0.2) is 29.2 Å². The van der Waals surface area contributed by atoms with E-state index in [1.165, 1.54) is 37.1 Å². The molecule has 0 aromatic heterocycles. The Labute approximate surface area is 145 Å². The number of benzene rings is 1. The van der Waals surface area contributed by atoms with E-state index in [1.54, 1.807) is 6.07 Å². The van der Waals surface area contributed by atoms with E-state index in [0.717, 1.165) is 4.90 Å². The summed E-state index contributed by atoms with van der Waals surface area (Å²) >= 11 is 0. The van der Waals surface area contributed by atoms with Crippen molar-refractivity contribution in [3.8, 4) is 0 Å². The van der Waals surface area contributed by atoms with Crippen LogP contribution in [0.1, 0.15) is 13.3 Å². The van der Waals surface area contributed by atoms with Crippen molar-refractivity contribution in [3.05, 3.63) is 24.3 Å². The fourth-order valence-electron chi connectivity index (χ4n) is 2.60. The van der Waals surface area contributed by atoms with Crippen LogP contribution in [0.2, 0.25) is 0 Å². The van der Waals surface area contributed by atoms with Gasteiger partial charge in [0.2, 0.25) is 21.8 Å². The average molecular weight is 369 g/mol.